The largest absolute Gasteiger partial charge is 0.350 e. The van der Waals surface area contributed by atoms with E-state index in [-0.39, 0.29) is 22.3 Å². The molecule has 0 bridgehead atoms. The van der Waals surface area contributed by atoms with Crippen LogP contribution < -0.4 is 16.2 Å². The van der Waals surface area contributed by atoms with Gasteiger partial charge in [-0.1, -0.05) is 55.3 Å². The lowest BCUT2D eigenvalue weighted by Crippen LogP contribution is -2.36. The topological polar surface area (TPSA) is 117 Å². The van der Waals surface area contributed by atoms with E-state index in [1.807, 2.05) is 53.2 Å². The highest BCUT2D eigenvalue weighted by molar-refractivity contribution is 8.22. The molecular weight excluding hydrogens is 510 g/mol. The normalized spacial score (nSPS) is 13.7. The molecule has 3 N–H and O–H groups in total. The third-order valence-corrected chi connectivity index (χ3v) is 7.31. The number of amides is 1. The van der Waals surface area contributed by atoms with Gasteiger partial charge in [0.1, 0.15) is 28.3 Å². The average molecular weight is 536 g/mol. The maximum atomic E-state index is 13.4. The van der Waals surface area contributed by atoms with E-state index in [9.17, 15) is 9.59 Å². The summed E-state index contributed by atoms with van der Waals surface area (Å²) in [6.45, 7) is 7.73. The molecule has 3 aromatic heterocycles. The monoisotopic (exact) mass is 535 g/mol. The van der Waals surface area contributed by atoms with Crippen LogP contribution >= 0.6 is 11.8 Å². The van der Waals surface area contributed by atoms with Crippen LogP contribution in [0.15, 0.2) is 102 Å². The Bertz CT molecular complexity index is 1710. The Morgan fingerprint density at radius 1 is 1.21 bits per heavy atom. The molecule has 4 heterocycles. The Morgan fingerprint density at radius 3 is 2.77 bits per heavy atom. The summed E-state index contributed by atoms with van der Waals surface area (Å²) >= 11 is 1.12. The zero-order valence-electron chi connectivity index (χ0n) is 21.0. The van der Waals surface area contributed by atoms with E-state index in [0.717, 1.165) is 28.4 Å². The molecule has 1 amide bonds. The van der Waals surface area contributed by atoms with Gasteiger partial charge in [-0.05, 0) is 23.6 Å². The number of fused-ring (bicyclic) bond motifs is 2. The number of rotatable bonds is 8. The first-order valence-corrected chi connectivity index (χ1v) is 13.0. The first kappa shape index (κ1) is 25.8. The molecule has 5 rings (SSSR count). The molecule has 1 atom stereocenters. The molecule has 0 radical (unpaired) electrons. The standard InChI is InChI=1S/C29H25N7O2S/c1-3-22(27(30)39-25(4-2)20-8-6-5-7-9-20)34-23-17-32-26-11-10-24(36(26)29(23)38)28(37)33-15-19-14-21-16-31-12-13-35(21)18-19/h5-9,12-14,16-18,24,30,34H,1-2,10-11,15H2,(H,33,37)/t24-/m0/s1. The van der Waals surface area contributed by atoms with Crippen molar-refractivity contribution in [1.82, 2.24) is 24.3 Å². The molecule has 194 valence electrons. The van der Waals surface area contributed by atoms with Crippen molar-refractivity contribution in [3.63, 3.8) is 0 Å². The van der Waals surface area contributed by atoms with E-state index in [1.165, 1.54) is 10.8 Å². The molecule has 9 nitrogen and oxygen atoms in total. The van der Waals surface area contributed by atoms with Gasteiger partial charge in [0.25, 0.3) is 5.56 Å². The van der Waals surface area contributed by atoms with E-state index in [2.05, 4.69) is 45.2 Å². The highest BCUT2D eigenvalue weighted by Gasteiger charge is 2.31. The SMILES string of the molecule is C=C=C(Nc1cnc2n(c1=O)[C@H](C(=O)NCc1cc3cnccn3c1)CC2)C(=N)SC(=C=C)c1ccccc1. The molecule has 0 spiro atoms. The Morgan fingerprint density at radius 2 is 2.03 bits per heavy atom. The fraction of sp³-hybridized carbons (Fsp3) is 0.138. The van der Waals surface area contributed by atoms with Gasteiger partial charge < -0.3 is 15.0 Å². The maximum Gasteiger partial charge on any atom is 0.277 e. The second-order valence-corrected chi connectivity index (χ2v) is 9.79. The van der Waals surface area contributed by atoms with E-state index in [0.29, 0.717) is 30.1 Å². The van der Waals surface area contributed by atoms with Crippen molar-refractivity contribution in [1.29, 1.82) is 5.41 Å². The van der Waals surface area contributed by atoms with Gasteiger partial charge in [0.15, 0.2) is 0 Å². The van der Waals surface area contributed by atoms with Gasteiger partial charge >= 0.3 is 0 Å². The molecule has 10 heteroatoms. The number of nitrogens with zero attached hydrogens (tertiary/aromatic N) is 4. The molecule has 0 fully saturated rings. The highest BCUT2D eigenvalue weighted by Crippen LogP contribution is 2.29. The van der Waals surface area contributed by atoms with E-state index < -0.39 is 11.6 Å². The maximum absolute atomic E-state index is 13.4. The lowest BCUT2D eigenvalue weighted by molar-refractivity contribution is -0.124. The van der Waals surface area contributed by atoms with Gasteiger partial charge in [0.2, 0.25) is 5.91 Å². The summed E-state index contributed by atoms with van der Waals surface area (Å²) in [6.07, 6.45) is 9.62. The second-order valence-electron chi connectivity index (χ2n) is 8.77. The van der Waals surface area contributed by atoms with Crippen molar-refractivity contribution in [3.8, 4) is 0 Å². The fourth-order valence-electron chi connectivity index (χ4n) is 4.42. The number of thioether (sulfide) groups is 1. The lowest BCUT2D eigenvalue weighted by atomic mass is 10.2. The summed E-state index contributed by atoms with van der Waals surface area (Å²) in [6, 6.07) is 10.8. The molecule has 0 aliphatic carbocycles. The van der Waals surface area contributed by atoms with E-state index >= 15 is 0 Å². The molecular formula is C29H25N7O2S. The molecule has 39 heavy (non-hydrogen) atoms. The molecule has 4 aromatic rings. The number of hydrogen-bond acceptors (Lipinski definition) is 7. The van der Waals surface area contributed by atoms with Crippen molar-refractivity contribution >= 4 is 38.8 Å². The molecule has 1 aliphatic heterocycles. The number of carbonyl (C=O) groups is 1. The molecule has 0 saturated carbocycles. The zero-order valence-corrected chi connectivity index (χ0v) is 21.8. The summed E-state index contributed by atoms with van der Waals surface area (Å²) in [5.41, 5.74) is 8.21. The molecule has 1 aliphatic rings. The number of hydrogen-bond donors (Lipinski definition) is 3. The van der Waals surface area contributed by atoms with Crippen LogP contribution in [0.2, 0.25) is 0 Å². The summed E-state index contributed by atoms with van der Waals surface area (Å²) in [4.78, 5) is 35.7. The van der Waals surface area contributed by atoms with Crippen molar-refractivity contribution in [2.45, 2.75) is 25.4 Å². The van der Waals surface area contributed by atoms with Crippen LogP contribution in [0, 0.1) is 5.41 Å². The van der Waals surface area contributed by atoms with Gasteiger partial charge in [0, 0.05) is 31.6 Å². The van der Waals surface area contributed by atoms with Crippen LogP contribution in [0.3, 0.4) is 0 Å². The summed E-state index contributed by atoms with van der Waals surface area (Å²) < 4.78 is 3.36. The third-order valence-electron chi connectivity index (χ3n) is 6.31. The van der Waals surface area contributed by atoms with Crippen LogP contribution in [0.1, 0.15) is 29.4 Å². The van der Waals surface area contributed by atoms with Crippen LogP contribution in [-0.4, -0.2) is 29.9 Å². The fourth-order valence-corrected chi connectivity index (χ4v) is 5.17. The number of benzene rings is 1. The Kier molecular flexibility index (Phi) is 7.43. The van der Waals surface area contributed by atoms with Gasteiger partial charge in [-0.15, -0.1) is 11.5 Å². The first-order chi connectivity index (χ1) is 19.0. The minimum Gasteiger partial charge on any atom is -0.350 e. The third kappa shape index (κ3) is 5.39. The van der Waals surface area contributed by atoms with Crippen molar-refractivity contribution < 1.29 is 4.79 Å². The second kappa shape index (κ2) is 11.2. The first-order valence-electron chi connectivity index (χ1n) is 12.2. The number of nitrogens with one attached hydrogen (secondary N) is 3. The van der Waals surface area contributed by atoms with Crippen LogP contribution in [0.5, 0.6) is 0 Å². The summed E-state index contributed by atoms with van der Waals surface area (Å²) in [5, 5.41) is 14.5. The Labute approximate surface area is 228 Å². The van der Waals surface area contributed by atoms with Crippen LogP contribution in [0.25, 0.3) is 10.4 Å². The quantitative estimate of drug-likeness (QED) is 0.176. The van der Waals surface area contributed by atoms with Crippen LogP contribution in [0.4, 0.5) is 5.69 Å². The predicted molar refractivity (Wildman–Crippen MR) is 153 cm³/mol. The molecule has 1 aromatic carbocycles. The number of aromatic nitrogens is 4. The van der Waals surface area contributed by atoms with Gasteiger partial charge in [-0.2, -0.15) is 0 Å². The number of aryl methyl sites for hydroxylation is 1. The molecule has 0 saturated heterocycles. The Balaban J connectivity index is 1.30. The van der Waals surface area contributed by atoms with Crippen molar-refractivity contribution in [3.05, 3.63) is 125 Å². The number of anilines is 1. The van der Waals surface area contributed by atoms with Gasteiger partial charge in [-0.3, -0.25) is 24.5 Å². The number of carbonyl (C=O) groups excluding carboxylic acids is 1. The smallest absolute Gasteiger partial charge is 0.277 e. The minimum absolute atomic E-state index is 0.0781. The zero-order chi connectivity index (χ0) is 27.4. The van der Waals surface area contributed by atoms with E-state index in [4.69, 9.17) is 5.41 Å². The van der Waals surface area contributed by atoms with Gasteiger partial charge in [-0.25, -0.2) is 4.98 Å². The van der Waals surface area contributed by atoms with Gasteiger partial charge in [0.05, 0.1) is 22.8 Å². The minimum atomic E-state index is -0.682. The van der Waals surface area contributed by atoms with Crippen molar-refractivity contribution in [2.75, 3.05) is 5.32 Å². The summed E-state index contributed by atoms with van der Waals surface area (Å²) in [7, 11) is 0. The Hall–Kier alpha value is -4.88. The predicted octanol–water partition coefficient (Wildman–Crippen LogP) is 4.31. The van der Waals surface area contributed by atoms with E-state index in [1.54, 1.807) is 12.4 Å². The van der Waals surface area contributed by atoms with Crippen molar-refractivity contribution in [2.24, 2.45) is 0 Å². The van der Waals surface area contributed by atoms with Crippen LogP contribution in [-0.2, 0) is 17.8 Å². The summed E-state index contributed by atoms with van der Waals surface area (Å²) in [5.74, 6) is 0.288. The molecule has 0 unspecified atom stereocenters. The average Bonchev–Trinajstić information content (AvgIpc) is 3.59. The highest BCUT2D eigenvalue weighted by atomic mass is 32.2. The lowest BCUT2D eigenvalue weighted by Gasteiger charge is -2.16.